The lowest BCUT2D eigenvalue weighted by Gasteiger charge is -2.08. The van der Waals surface area contributed by atoms with Crippen LogP contribution in [0.4, 0.5) is 4.39 Å². The molecule has 0 atom stereocenters. The highest BCUT2D eigenvalue weighted by Crippen LogP contribution is 2.41. The van der Waals surface area contributed by atoms with Crippen molar-refractivity contribution in [3.05, 3.63) is 52.9 Å². The van der Waals surface area contributed by atoms with Gasteiger partial charge in [0.1, 0.15) is 16.5 Å². The number of carbonyl (C=O) groups excluding carboxylic acids is 1. The lowest BCUT2D eigenvalue weighted by atomic mass is 10.1. The first-order chi connectivity index (χ1) is 13.6. The molecular formula is C20H20FN3O2S2. The lowest BCUT2D eigenvalue weighted by Crippen LogP contribution is -2.06. The van der Waals surface area contributed by atoms with Gasteiger partial charge in [-0.05, 0) is 37.5 Å². The quantitative estimate of drug-likeness (QED) is 0.288. The Kier molecular flexibility index (Phi) is 5.50. The Morgan fingerprint density at radius 3 is 3.00 bits per heavy atom. The highest BCUT2D eigenvalue weighted by atomic mass is 32.2. The summed E-state index contributed by atoms with van der Waals surface area (Å²) in [6, 6.07) is 4.90. The van der Waals surface area contributed by atoms with Crippen LogP contribution in [-0.2, 0) is 17.0 Å². The van der Waals surface area contributed by atoms with E-state index in [0.717, 1.165) is 28.5 Å². The normalized spacial score (nSPS) is 13.8. The van der Waals surface area contributed by atoms with E-state index in [4.69, 9.17) is 4.74 Å². The monoisotopic (exact) mass is 417 g/mol. The summed E-state index contributed by atoms with van der Waals surface area (Å²) in [5, 5.41) is 9.92. The van der Waals surface area contributed by atoms with Gasteiger partial charge in [-0.3, -0.25) is 0 Å². The molecule has 1 saturated carbocycles. The molecule has 28 heavy (non-hydrogen) atoms. The highest BCUT2D eigenvalue weighted by Gasteiger charge is 2.30. The average molecular weight is 418 g/mol. The number of benzene rings is 1. The standard InChI is InChI=1S/C20H20FN3O2S2/c1-3-10-24-18(12-8-9-12)22-23-20(24)27-11-13-16-14(21)6-5-7-15(16)28-17(13)19(25)26-4-2/h3,5-7,12H,1,4,8-11H2,2H3. The maximum Gasteiger partial charge on any atom is 0.348 e. The van der Waals surface area contributed by atoms with Gasteiger partial charge >= 0.3 is 5.97 Å². The molecule has 0 bridgehead atoms. The Morgan fingerprint density at radius 1 is 1.46 bits per heavy atom. The fraction of sp³-hybridized carbons (Fsp3) is 0.350. The van der Waals surface area contributed by atoms with Crippen molar-refractivity contribution in [3.8, 4) is 0 Å². The number of thioether (sulfide) groups is 1. The molecule has 0 unspecified atom stereocenters. The minimum Gasteiger partial charge on any atom is -0.462 e. The molecule has 0 spiro atoms. The maximum atomic E-state index is 14.6. The summed E-state index contributed by atoms with van der Waals surface area (Å²) in [5.74, 6) is 1.12. The van der Waals surface area contributed by atoms with Crippen molar-refractivity contribution >= 4 is 39.2 Å². The van der Waals surface area contributed by atoms with Crippen LogP contribution in [0.5, 0.6) is 0 Å². The van der Waals surface area contributed by atoms with E-state index in [9.17, 15) is 9.18 Å². The van der Waals surface area contributed by atoms with Crippen molar-refractivity contribution in [3.63, 3.8) is 0 Å². The molecule has 0 aliphatic heterocycles. The summed E-state index contributed by atoms with van der Waals surface area (Å²) in [7, 11) is 0. The van der Waals surface area contributed by atoms with E-state index in [-0.39, 0.29) is 12.4 Å². The number of rotatable bonds is 8. The van der Waals surface area contributed by atoms with E-state index in [1.807, 2.05) is 12.1 Å². The maximum absolute atomic E-state index is 14.6. The average Bonchev–Trinajstić information content (AvgIpc) is 3.33. The van der Waals surface area contributed by atoms with E-state index in [0.29, 0.717) is 34.0 Å². The van der Waals surface area contributed by atoms with Gasteiger partial charge < -0.3 is 9.30 Å². The summed E-state index contributed by atoms with van der Waals surface area (Å²) >= 11 is 2.73. The largest absolute Gasteiger partial charge is 0.462 e. The van der Waals surface area contributed by atoms with Crippen molar-refractivity contribution in [2.45, 2.75) is 43.1 Å². The fourth-order valence-electron chi connectivity index (χ4n) is 3.15. The molecule has 2 aromatic heterocycles. The van der Waals surface area contributed by atoms with Gasteiger partial charge in [0, 0.05) is 28.3 Å². The summed E-state index contributed by atoms with van der Waals surface area (Å²) in [5.41, 5.74) is 0.655. The molecule has 0 saturated heterocycles. The van der Waals surface area contributed by atoms with E-state index in [2.05, 4.69) is 21.3 Å². The van der Waals surface area contributed by atoms with Gasteiger partial charge in [-0.15, -0.1) is 28.1 Å². The molecule has 1 aliphatic carbocycles. The zero-order chi connectivity index (χ0) is 19.7. The van der Waals surface area contributed by atoms with Crippen molar-refractivity contribution in [1.29, 1.82) is 0 Å². The Bertz CT molecular complexity index is 1040. The molecule has 4 rings (SSSR count). The second kappa shape index (κ2) is 8.05. The summed E-state index contributed by atoms with van der Waals surface area (Å²) in [4.78, 5) is 12.9. The van der Waals surface area contributed by atoms with Crippen LogP contribution in [0.15, 0.2) is 36.0 Å². The van der Waals surface area contributed by atoms with Crippen LogP contribution in [0, 0.1) is 5.82 Å². The number of carbonyl (C=O) groups is 1. The predicted molar refractivity (Wildman–Crippen MR) is 109 cm³/mol. The van der Waals surface area contributed by atoms with Crippen LogP contribution in [0.1, 0.15) is 46.7 Å². The summed E-state index contributed by atoms with van der Waals surface area (Å²) in [6.07, 6.45) is 4.09. The first kappa shape index (κ1) is 19.1. The number of hydrogen-bond donors (Lipinski definition) is 0. The van der Waals surface area contributed by atoms with E-state index >= 15 is 0 Å². The number of nitrogens with zero attached hydrogens (tertiary/aromatic N) is 3. The number of hydrogen-bond acceptors (Lipinski definition) is 6. The number of aromatic nitrogens is 3. The van der Waals surface area contributed by atoms with Crippen molar-refractivity contribution in [2.75, 3.05) is 6.61 Å². The topological polar surface area (TPSA) is 57.0 Å². The molecule has 3 aromatic rings. The molecule has 1 fully saturated rings. The second-order valence-electron chi connectivity index (χ2n) is 6.55. The zero-order valence-electron chi connectivity index (χ0n) is 15.5. The third kappa shape index (κ3) is 3.58. The minimum absolute atomic E-state index is 0.278. The molecule has 146 valence electrons. The van der Waals surface area contributed by atoms with Gasteiger partial charge in [0.15, 0.2) is 5.16 Å². The smallest absolute Gasteiger partial charge is 0.348 e. The number of thiophene rings is 1. The van der Waals surface area contributed by atoms with Gasteiger partial charge in [0.25, 0.3) is 0 Å². The molecule has 1 aromatic carbocycles. The number of allylic oxidation sites excluding steroid dienone is 1. The molecule has 0 amide bonds. The SMILES string of the molecule is C=CCn1c(SCc2c(C(=O)OCC)sc3cccc(F)c23)nnc1C1CC1. The van der Waals surface area contributed by atoms with Gasteiger partial charge in [0.2, 0.25) is 0 Å². The molecule has 8 heteroatoms. The van der Waals surface area contributed by atoms with Crippen molar-refractivity contribution in [2.24, 2.45) is 0 Å². The van der Waals surface area contributed by atoms with Gasteiger partial charge in [-0.1, -0.05) is 23.9 Å². The second-order valence-corrected chi connectivity index (χ2v) is 8.54. The number of esters is 1. The molecular weight excluding hydrogens is 397 g/mol. The number of halogens is 1. The van der Waals surface area contributed by atoms with Crippen LogP contribution in [0.2, 0.25) is 0 Å². The molecule has 5 nitrogen and oxygen atoms in total. The van der Waals surface area contributed by atoms with Crippen LogP contribution < -0.4 is 0 Å². The molecule has 2 heterocycles. The Labute approximate surface area is 170 Å². The van der Waals surface area contributed by atoms with Crippen molar-refractivity contribution in [1.82, 2.24) is 14.8 Å². The Balaban J connectivity index is 1.69. The van der Waals surface area contributed by atoms with E-state index in [1.54, 1.807) is 13.0 Å². The van der Waals surface area contributed by atoms with E-state index < -0.39 is 5.97 Å². The highest BCUT2D eigenvalue weighted by molar-refractivity contribution is 7.98. The third-order valence-corrected chi connectivity index (χ3v) is 6.74. The molecule has 1 aliphatic rings. The van der Waals surface area contributed by atoms with Crippen LogP contribution >= 0.6 is 23.1 Å². The molecule has 0 radical (unpaired) electrons. The Morgan fingerprint density at radius 2 is 2.29 bits per heavy atom. The van der Waals surface area contributed by atoms with Crippen molar-refractivity contribution < 1.29 is 13.9 Å². The van der Waals surface area contributed by atoms with Crippen LogP contribution in [-0.4, -0.2) is 27.3 Å². The zero-order valence-corrected chi connectivity index (χ0v) is 17.1. The summed E-state index contributed by atoms with van der Waals surface area (Å²) in [6.45, 7) is 6.49. The van der Waals surface area contributed by atoms with Crippen LogP contribution in [0.3, 0.4) is 0 Å². The van der Waals surface area contributed by atoms with E-state index in [1.165, 1.54) is 29.2 Å². The number of fused-ring (bicyclic) bond motifs is 1. The first-order valence-corrected chi connectivity index (χ1v) is 11.0. The number of ether oxygens (including phenoxy) is 1. The van der Waals surface area contributed by atoms with Crippen LogP contribution in [0.25, 0.3) is 10.1 Å². The first-order valence-electron chi connectivity index (χ1n) is 9.17. The Hall–Kier alpha value is -2.19. The van der Waals surface area contributed by atoms with Gasteiger partial charge in [-0.25, -0.2) is 9.18 Å². The lowest BCUT2D eigenvalue weighted by molar-refractivity contribution is 0.0531. The van der Waals surface area contributed by atoms with Gasteiger partial charge in [-0.2, -0.15) is 0 Å². The fourth-order valence-corrected chi connectivity index (χ4v) is 5.36. The predicted octanol–water partition coefficient (Wildman–Crippen LogP) is 5.16. The minimum atomic E-state index is -0.412. The molecule has 0 N–H and O–H groups in total. The third-order valence-electron chi connectivity index (χ3n) is 4.57. The van der Waals surface area contributed by atoms with Gasteiger partial charge in [0.05, 0.1) is 6.61 Å². The summed E-state index contributed by atoms with van der Waals surface area (Å²) < 4.78 is 22.5.